The van der Waals surface area contributed by atoms with Crippen LogP contribution in [-0.2, 0) is 30.3 Å². The van der Waals surface area contributed by atoms with Crippen LogP contribution in [0.15, 0.2) is 30.3 Å². The fraction of sp³-hybridized carbons (Fsp3) is 0.375. The van der Waals surface area contributed by atoms with E-state index in [0.717, 1.165) is 24.3 Å². The summed E-state index contributed by atoms with van der Waals surface area (Å²) in [5.74, 6) is -1.70. The molecule has 6 nitrogen and oxygen atoms in total. The second-order valence-electron chi connectivity index (χ2n) is 5.73. The average molecular weight is 391 g/mol. The second kappa shape index (κ2) is 7.90. The topological polar surface area (TPSA) is 89.5 Å². The third-order valence-corrected chi connectivity index (χ3v) is 5.34. The van der Waals surface area contributed by atoms with Crippen LogP contribution in [0.4, 0.5) is 13.2 Å². The minimum Gasteiger partial charge on any atom is -0.452 e. The van der Waals surface area contributed by atoms with E-state index in [0.29, 0.717) is 6.42 Å². The Labute approximate surface area is 147 Å². The quantitative estimate of drug-likeness (QED) is 0.608. The van der Waals surface area contributed by atoms with Crippen LogP contribution < -0.4 is 5.32 Å². The first-order valence-electron chi connectivity index (χ1n) is 7.57. The highest BCUT2D eigenvalue weighted by molar-refractivity contribution is 7.91. The zero-order chi connectivity index (χ0) is 19.4. The number of benzene rings is 1. The van der Waals surface area contributed by atoms with E-state index >= 15 is 0 Å². The number of hydrogen-bond acceptors (Lipinski definition) is 5. The normalized spacial score (nSPS) is 19.4. The molecule has 1 heterocycles. The van der Waals surface area contributed by atoms with Gasteiger partial charge in [0.25, 0.3) is 5.91 Å². The van der Waals surface area contributed by atoms with Gasteiger partial charge in [-0.2, -0.15) is 13.2 Å². The standard InChI is InChI=1S/C16H16F3NO5S/c17-16(18,19)12-3-1-2-11(8-12)4-5-15(22)25-9-14(21)20-13-6-7-26(23,24)10-13/h1-5,8,13H,6-7,9-10H2,(H,20,21). The van der Waals surface area contributed by atoms with E-state index in [2.05, 4.69) is 10.1 Å². The monoisotopic (exact) mass is 391 g/mol. The van der Waals surface area contributed by atoms with Crippen LogP contribution in [0.25, 0.3) is 6.08 Å². The van der Waals surface area contributed by atoms with E-state index in [1.165, 1.54) is 12.1 Å². The van der Waals surface area contributed by atoms with Crippen molar-refractivity contribution in [3.05, 3.63) is 41.5 Å². The Morgan fingerprint density at radius 2 is 2.04 bits per heavy atom. The van der Waals surface area contributed by atoms with E-state index in [1.54, 1.807) is 0 Å². The van der Waals surface area contributed by atoms with Crippen LogP contribution in [-0.4, -0.2) is 44.4 Å². The molecule has 1 atom stereocenters. The molecule has 0 bridgehead atoms. The van der Waals surface area contributed by atoms with Gasteiger partial charge >= 0.3 is 12.1 Å². The number of ether oxygens (including phenoxy) is 1. The summed E-state index contributed by atoms with van der Waals surface area (Å²) in [6.07, 6.45) is -2.14. The molecule has 26 heavy (non-hydrogen) atoms. The number of rotatable bonds is 5. The minimum absolute atomic E-state index is 0.00252. The Kier molecular flexibility index (Phi) is 6.06. The third kappa shape index (κ3) is 6.17. The molecule has 0 aliphatic carbocycles. The first kappa shape index (κ1) is 20.0. The van der Waals surface area contributed by atoms with Crippen molar-refractivity contribution in [3.8, 4) is 0 Å². The summed E-state index contributed by atoms with van der Waals surface area (Å²) in [5.41, 5.74) is -0.698. The van der Waals surface area contributed by atoms with E-state index in [1.807, 2.05) is 0 Å². The number of sulfone groups is 1. The van der Waals surface area contributed by atoms with Gasteiger partial charge in [-0.15, -0.1) is 0 Å². The lowest BCUT2D eigenvalue weighted by Gasteiger charge is -2.10. The molecule has 1 amide bonds. The molecule has 0 aromatic heterocycles. The maximum absolute atomic E-state index is 12.6. The van der Waals surface area contributed by atoms with Crippen LogP contribution in [0.3, 0.4) is 0 Å². The molecule has 1 saturated heterocycles. The van der Waals surface area contributed by atoms with Gasteiger partial charge in [-0.3, -0.25) is 4.79 Å². The van der Waals surface area contributed by atoms with Crippen molar-refractivity contribution < 1.29 is 35.9 Å². The molecule has 1 aromatic carbocycles. The first-order valence-corrected chi connectivity index (χ1v) is 9.39. The van der Waals surface area contributed by atoms with Crippen molar-refractivity contribution in [2.24, 2.45) is 0 Å². The lowest BCUT2D eigenvalue weighted by molar-refractivity contribution is -0.144. The summed E-state index contributed by atoms with van der Waals surface area (Å²) >= 11 is 0. The molecule has 1 unspecified atom stereocenters. The maximum atomic E-state index is 12.6. The number of halogens is 3. The van der Waals surface area contributed by atoms with Crippen LogP contribution in [0.2, 0.25) is 0 Å². The Morgan fingerprint density at radius 3 is 2.65 bits per heavy atom. The van der Waals surface area contributed by atoms with Gasteiger partial charge in [-0.05, 0) is 30.2 Å². The molecule has 1 aromatic rings. The van der Waals surface area contributed by atoms with Gasteiger partial charge in [0, 0.05) is 12.1 Å². The molecular weight excluding hydrogens is 375 g/mol. The molecule has 0 spiro atoms. The number of nitrogens with one attached hydrogen (secondary N) is 1. The summed E-state index contributed by atoms with van der Waals surface area (Å²) in [5, 5.41) is 2.44. The number of amides is 1. The lowest BCUT2D eigenvalue weighted by Crippen LogP contribution is -2.38. The molecule has 1 N–H and O–H groups in total. The van der Waals surface area contributed by atoms with Crippen LogP contribution in [0.5, 0.6) is 0 Å². The van der Waals surface area contributed by atoms with Crippen LogP contribution in [0, 0.1) is 0 Å². The Bertz CT molecular complexity index is 817. The van der Waals surface area contributed by atoms with Crippen molar-refractivity contribution in [3.63, 3.8) is 0 Å². The molecule has 1 fully saturated rings. The van der Waals surface area contributed by atoms with Gasteiger partial charge in [0.2, 0.25) is 0 Å². The third-order valence-electron chi connectivity index (χ3n) is 3.57. The fourth-order valence-corrected chi connectivity index (χ4v) is 4.02. The molecule has 2 rings (SSSR count). The smallest absolute Gasteiger partial charge is 0.416 e. The number of carbonyl (C=O) groups excluding carboxylic acids is 2. The highest BCUT2D eigenvalue weighted by atomic mass is 32.2. The largest absolute Gasteiger partial charge is 0.452 e. The first-order chi connectivity index (χ1) is 12.0. The van der Waals surface area contributed by atoms with E-state index < -0.39 is 46.1 Å². The van der Waals surface area contributed by atoms with Crippen molar-refractivity contribution >= 4 is 27.8 Å². The molecule has 1 aliphatic rings. The highest BCUT2D eigenvalue weighted by Crippen LogP contribution is 2.29. The number of hydrogen-bond donors (Lipinski definition) is 1. The summed E-state index contributed by atoms with van der Waals surface area (Å²) < 4.78 is 65.0. The Hall–Kier alpha value is -2.36. The molecular formula is C16H16F3NO5S. The van der Waals surface area contributed by atoms with Crippen LogP contribution >= 0.6 is 0 Å². The van der Waals surface area contributed by atoms with E-state index in [-0.39, 0.29) is 17.1 Å². The lowest BCUT2D eigenvalue weighted by atomic mass is 10.1. The molecule has 0 saturated carbocycles. The second-order valence-corrected chi connectivity index (χ2v) is 7.96. The van der Waals surface area contributed by atoms with Gasteiger partial charge in [0.15, 0.2) is 16.4 Å². The van der Waals surface area contributed by atoms with E-state index in [4.69, 9.17) is 0 Å². The number of carbonyl (C=O) groups is 2. The number of esters is 1. The predicted octanol–water partition coefficient (Wildman–Crippen LogP) is 1.57. The van der Waals surface area contributed by atoms with Crippen molar-refractivity contribution in [2.75, 3.05) is 18.1 Å². The predicted molar refractivity (Wildman–Crippen MR) is 86.6 cm³/mol. The Balaban J connectivity index is 1.81. The molecule has 0 radical (unpaired) electrons. The zero-order valence-electron chi connectivity index (χ0n) is 13.5. The van der Waals surface area contributed by atoms with Gasteiger partial charge in [-0.25, -0.2) is 13.2 Å². The maximum Gasteiger partial charge on any atom is 0.416 e. The van der Waals surface area contributed by atoms with E-state index in [9.17, 15) is 31.2 Å². The summed E-state index contributed by atoms with van der Waals surface area (Å²) in [7, 11) is -3.14. The minimum atomic E-state index is -4.49. The summed E-state index contributed by atoms with van der Waals surface area (Å²) in [6.45, 7) is -0.609. The fourth-order valence-electron chi connectivity index (χ4n) is 2.35. The zero-order valence-corrected chi connectivity index (χ0v) is 14.3. The van der Waals surface area contributed by atoms with Gasteiger partial charge in [0.05, 0.1) is 17.1 Å². The SMILES string of the molecule is O=C(COC(=O)C=Cc1cccc(C(F)(F)F)c1)NC1CCS(=O)(=O)C1. The van der Waals surface area contributed by atoms with Crippen molar-refractivity contribution in [2.45, 2.75) is 18.6 Å². The molecule has 1 aliphatic heterocycles. The van der Waals surface area contributed by atoms with Gasteiger partial charge < -0.3 is 10.1 Å². The summed E-state index contributed by atoms with van der Waals surface area (Å²) in [4.78, 5) is 23.1. The van der Waals surface area contributed by atoms with Gasteiger partial charge in [-0.1, -0.05) is 12.1 Å². The highest BCUT2D eigenvalue weighted by Gasteiger charge is 2.30. The van der Waals surface area contributed by atoms with Gasteiger partial charge in [0.1, 0.15) is 0 Å². The molecule has 10 heteroatoms. The van der Waals surface area contributed by atoms with Crippen molar-refractivity contribution in [1.82, 2.24) is 5.32 Å². The summed E-state index contributed by atoms with van der Waals surface area (Å²) in [6, 6.07) is 3.86. The average Bonchev–Trinajstić information content (AvgIpc) is 2.89. The Morgan fingerprint density at radius 1 is 1.31 bits per heavy atom. The number of alkyl halides is 3. The van der Waals surface area contributed by atoms with Crippen molar-refractivity contribution in [1.29, 1.82) is 0 Å². The molecule has 142 valence electrons. The van der Waals surface area contributed by atoms with Crippen LogP contribution in [0.1, 0.15) is 17.5 Å².